The Kier molecular flexibility index (Phi) is 4.73. The van der Waals surface area contributed by atoms with Gasteiger partial charge in [-0.15, -0.1) is 0 Å². The summed E-state index contributed by atoms with van der Waals surface area (Å²) in [5.74, 6) is -0.472. The Bertz CT molecular complexity index is 260. The van der Waals surface area contributed by atoms with Crippen LogP contribution in [0, 0.1) is 5.92 Å². The standard InChI is InChI=1S/C11H20N2O3/c1-7(2)9(11(15)16-3)13-10(14)8-5-4-6-12-8/h7-9,12H,4-6H2,1-3H3,(H,13,14). The lowest BCUT2D eigenvalue weighted by Gasteiger charge is -2.21. The molecule has 0 aliphatic carbocycles. The molecule has 0 spiro atoms. The molecule has 1 saturated heterocycles. The third-order valence-corrected chi connectivity index (χ3v) is 2.80. The summed E-state index contributed by atoms with van der Waals surface area (Å²) in [6.07, 6.45) is 1.83. The molecule has 1 rings (SSSR count). The molecule has 0 aromatic heterocycles. The summed E-state index contributed by atoms with van der Waals surface area (Å²) in [5.41, 5.74) is 0. The minimum absolute atomic E-state index is 0.0257. The number of ether oxygens (including phenoxy) is 1. The molecule has 0 radical (unpaired) electrons. The van der Waals surface area contributed by atoms with Crippen LogP contribution in [-0.4, -0.2) is 37.6 Å². The Hall–Kier alpha value is -1.10. The van der Waals surface area contributed by atoms with Gasteiger partial charge in [-0.05, 0) is 25.3 Å². The van der Waals surface area contributed by atoms with E-state index in [1.807, 2.05) is 13.8 Å². The van der Waals surface area contributed by atoms with E-state index in [0.717, 1.165) is 19.4 Å². The van der Waals surface area contributed by atoms with Crippen molar-refractivity contribution in [2.75, 3.05) is 13.7 Å². The van der Waals surface area contributed by atoms with E-state index in [2.05, 4.69) is 15.4 Å². The number of carbonyl (C=O) groups excluding carboxylic acids is 2. The van der Waals surface area contributed by atoms with Crippen molar-refractivity contribution in [1.82, 2.24) is 10.6 Å². The van der Waals surface area contributed by atoms with Crippen molar-refractivity contribution < 1.29 is 14.3 Å². The lowest BCUT2D eigenvalue weighted by atomic mass is 10.0. The van der Waals surface area contributed by atoms with Gasteiger partial charge in [0.15, 0.2) is 0 Å². The lowest BCUT2D eigenvalue weighted by molar-refractivity contribution is -0.146. The summed E-state index contributed by atoms with van der Waals surface area (Å²) in [6.45, 7) is 4.62. The van der Waals surface area contributed by atoms with Crippen molar-refractivity contribution in [2.24, 2.45) is 5.92 Å². The maximum atomic E-state index is 11.8. The van der Waals surface area contributed by atoms with Crippen molar-refractivity contribution in [2.45, 2.75) is 38.8 Å². The van der Waals surface area contributed by atoms with Crippen LogP contribution in [-0.2, 0) is 14.3 Å². The molecule has 2 N–H and O–H groups in total. The van der Waals surface area contributed by atoms with Gasteiger partial charge in [-0.1, -0.05) is 13.8 Å². The molecule has 16 heavy (non-hydrogen) atoms. The third-order valence-electron chi connectivity index (χ3n) is 2.80. The molecular weight excluding hydrogens is 208 g/mol. The molecule has 0 saturated carbocycles. The van der Waals surface area contributed by atoms with Gasteiger partial charge in [0.05, 0.1) is 13.2 Å². The highest BCUT2D eigenvalue weighted by molar-refractivity contribution is 5.87. The number of hydrogen-bond donors (Lipinski definition) is 2. The number of nitrogens with one attached hydrogen (secondary N) is 2. The first-order valence-corrected chi connectivity index (χ1v) is 5.68. The van der Waals surface area contributed by atoms with E-state index in [-0.39, 0.29) is 23.8 Å². The third kappa shape index (κ3) is 3.20. The van der Waals surface area contributed by atoms with Gasteiger partial charge in [0, 0.05) is 0 Å². The van der Waals surface area contributed by atoms with E-state index in [9.17, 15) is 9.59 Å². The van der Waals surface area contributed by atoms with E-state index in [1.165, 1.54) is 7.11 Å². The summed E-state index contributed by atoms with van der Waals surface area (Å²) in [6, 6.07) is -0.717. The van der Waals surface area contributed by atoms with E-state index >= 15 is 0 Å². The Morgan fingerprint density at radius 3 is 2.56 bits per heavy atom. The zero-order chi connectivity index (χ0) is 12.1. The highest BCUT2D eigenvalue weighted by Gasteiger charge is 2.29. The number of rotatable bonds is 4. The zero-order valence-electron chi connectivity index (χ0n) is 10.1. The van der Waals surface area contributed by atoms with Gasteiger partial charge >= 0.3 is 5.97 Å². The molecule has 1 fully saturated rings. The van der Waals surface area contributed by atoms with Crippen molar-refractivity contribution >= 4 is 11.9 Å². The monoisotopic (exact) mass is 228 g/mol. The summed E-state index contributed by atoms with van der Waals surface area (Å²) in [7, 11) is 1.33. The Morgan fingerprint density at radius 1 is 1.44 bits per heavy atom. The van der Waals surface area contributed by atoms with E-state index in [1.54, 1.807) is 0 Å². The fourth-order valence-corrected chi connectivity index (χ4v) is 1.79. The smallest absolute Gasteiger partial charge is 0.328 e. The molecule has 1 amide bonds. The maximum absolute atomic E-state index is 11.8. The number of carbonyl (C=O) groups is 2. The van der Waals surface area contributed by atoms with Crippen LogP contribution >= 0.6 is 0 Å². The maximum Gasteiger partial charge on any atom is 0.328 e. The molecule has 0 aromatic rings. The topological polar surface area (TPSA) is 67.4 Å². The molecule has 0 aromatic carbocycles. The quantitative estimate of drug-likeness (QED) is 0.667. The summed E-state index contributed by atoms with van der Waals surface area (Å²) < 4.78 is 4.66. The predicted molar refractivity (Wildman–Crippen MR) is 59.8 cm³/mol. The molecule has 1 aliphatic rings. The first kappa shape index (κ1) is 13.0. The molecule has 2 atom stereocenters. The van der Waals surface area contributed by atoms with Crippen LogP contribution in [0.25, 0.3) is 0 Å². The largest absolute Gasteiger partial charge is 0.467 e. The molecule has 1 heterocycles. The summed E-state index contributed by atoms with van der Waals surface area (Å²) in [4.78, 5) is 23.2. The van der Waals surface area contributed by atoms with Gasteiger partial charge in [-0.2, -0.15) is 0 Å². The molecule has 2 unspecified atom stereocenters. The minimum Gasteiger partial charge on any atom is -0.467 e. The van der Waals surface area contributed by atoms with E-state index in [0.29, 0.717) is 0 Å². The first-order chi connectivity index (χ1) is 7.56. The number of amides is 1. The van der Waals surface area contributed by atoms with Crippen LogP contribution in [0.3, 0.4) is 0 Å². The number of hydrogen-bond acceptors (Lipinski definition) is 4. The van der Waals surface area contributed by atoms with Gasteiger partial charge in [0.25, 0.3) is 0 Å². The van der Waals surface area contributed by atoms with Gasteiger partial charge in [0.1, 0.15) is 6.04 Å². The van der Waals surface area contributed by atoms with Crippen LogP contribution in [0.2, 0.25) is 0 Å². The average molecular weight is 228 g/mol. The SMILES string of the molecule is COC(=O)C(NC(=O)C1CCCN1)C(C)C. The minimum atomic E-state index is -0.556. The highest BCUT2D eigenvalue weighted by Crippen LogP contribution is 2.08. The number of esters is 1. The van der Waals surface area contributed by atoms with Crippen LogP contribution in [0.15, 0.2) is 0 Å². The molecule has 5 heteroatoms. The second-order valence-electron chi connectivity index (χ2n) is 4.40. The zero-order valence-corrected chi connectivity index (χ0v) is 10.1. The lowest BCUT2D eigenvalue weighted by Crippen LogP contribution is -2.50. The first-order valence-electron chi connectivity index (χ1n) is 5.68. The second kappa shape index (κ2) is 5.84. The summed E-state index contributed by atoms with van der Waals surface area (Å²) in [5, 5.41) is 5.83. The van der Waals surface area contributed by atoms with Crippen LogP contribution < -0.4 is 10.6 Å². The van der Waals surface area contributed by atoms with Crippen molar-refractivity contribution in [3.63, 3.8) is 0 Å². The fourth-order valence-electron chi connectivity index (χ4n) is 1.79. The van der Waals surface area contributed by atoms with Gasteiger partial charge in [-0.25, -0.2) is 4.79 Å². The number of methoxy groups -OCH3 is 1. The summed E-state index contributed by atoms with van der Waals surface area (Å²) >= 11 is 0. The van der Waals surface area contributed by atoms with Gasteiger partial charge in [-0.3, -0.25) is 4.79 Å². The van der Waals surface area contributed by atoms with Crippen LogP contribution in [0.1, 0.15) is 26.7 Å². The molecule has 1 aliphatic heterocycles. The van der Waals surface area contributed by atoms with Crippen molar-refractivity contribution in [1.29, 1.82) is 0 Å². The predicted octanol–water partition coefficient (Wildman–Crippen LogP) is 0.0522. The van der Waals surface area contributed by atoms with Crippen LogP contribution in [0.5, 0.6) is 0 Å². The van der Waals surface area contributed by atoms with Crippen molar-refractivity contribution in [3.8, 4) is 0 Å². The molecule has 5 nitrogen and oxygen atoms in total. The second-order valence-corrected chi connectivity index (χ2v) is 4.40. The van der Waals surface area contributed by atoms with Crippen molar-refractivity contribution in [3.05, 3.63) is 0 Å². The Labute approximate surface area is 95.9 Å². The van der Waals surface area contributed by atoms with Gasteiger partial charge in [0.2, 0.25) is 5.91 Å². The Morgan fingerprint density at radius 2 is 2.12 bits per heavy atom. The molecule has 92 valence electrons. The molecular formula is C11H20N2O3. The molecule has 0 bridgehead atoms. The van der Waals surface area contributed by atoms with Gasteiger partial charge < -0.3 is 15.4 Å². The Balaban J connectivity index is 2.53. The fraction of sp³-hybridized carbons (Fsp3) is 0.818. The van der Waals surface area contributed by atoms with E-state index < -0.39 is 6.04 Å². The average Bonchev–Trinajstić information content (AvgIpc) is 2.77. The van der Waals surface area contributed by atoms with E-state index in [4.69, 9.17) is 0 Å². The normalized spacial score (nSPS) is 21.9. The highest BCUT2D eigenvalue weighted by atomic mass is 16.5. The van der Waals surface area contributed by atoms with Crippen LogP contribution in [0.4, 0.5) is 0 Å².